The summed E-state index contributed by atoms with van der Waals surface area (Å²) in [6.45, 7) is 4.14. The van der Waals surface area contributed by atoms with E-state index in [-0.39, 0.29) is 18.5 Å². The standard InChI is InChI=1S/C15H16N4O2/c1-10(2)17-14(20)8-19-7-12(15-18-16-9-21-15)11-5-3-4-6-13(11)19/h3-7,9-10H,8H2,1-2H3,(H,17,20). The Hall–Kier alpha value is -2.63. The molecule has 0 aliphatic rings. The van der Waals surface area contributed by atoms with Crippen LogP contribution in [0.5, 0.6) is 0 Å². The van der Waals surface area contributed by atoms with Crippen molar-refractivity contribution in [1.29, 1.82) is 0 Å². The number of amides is 1. The molecule has 108 valence electrons. The fourth-order valence-electron chi connectivity index (χ4n) is 2.36. The van der Waals surface area contributed by atoms with Gasteiger partial charge < -0.3 is 14.3 Å². The molecule has 2 aromatic heterocycles. The van der Waals surface area contributed by atoms with Crippen molar-refractivity contribution < 1.29 is 9.21 Å². The molecular formula is C15H16N4O2. The van der Waals surface area contributed by atoms with Crippen LogP contribution in [0.25, 0.3) is 22.4 Å². The molecule has 0 spiro atoms. The van der Waals surface area contributed by atoms with E-state index < -0.39 is 0 Å². The summed E-state index contributed by atoms with van der Waals surface area (Å²) in [7, 11) is 0. The predicted octanol–water partition coefficient (Wildman–Crippen LogP) is 2.22. The fourth-order valence-corrected chi connectivity index (χ4v) is 2.36. The molecular weight excluding hydrogens is 268 g/mol. The molecule has 0 aliphatic heterocycles. The lowest BCUT2D eigenvalue weighted by Gasteiger charge is -2.09. The number of rotatable bonds is 4. The van der Waals surface area contributed by atoms with Gasteiger partial charge in [-0.3, -0.25) is 4.79 Å². The highest BCUT2D eigenvalue weighted by molar-refractivity contribution is 5.94. The summed E-state index contributed by atoms with van der Waals surface area (Å²) in [5.74, 6) is 0.428. The normalized spacial score (nSPS) is 11.2. The Morgan fingerprint density at radius 2 is 2.19 bits per heavy atom. The first-order valence-corrected chi connectivity index (χ1v) is 6.79. The molecule has 0 bridgehead atoms. The maximum Gasteiger partial charge on any atom is 0.249 e. The fraction of sp³-hybridized carbons (Fsp3) is 0.267. The topological polar surface area (TPSA) is 73.0 Å². The number of fused-ring (bicyclic) bond motifs is 1. The van der Waals surface area contributed by atoms with Crippen LogP contribution in [-0.2, 0) is 11.3 Å². The first-order chi connectivity index (χ1) is 10.1. The van der Waals surface area contributed by atoms with E-state index in [2.05, 4.69) is 15.5 Å². The molecule has 1 N–H and O–H groups in total. The average Bonchev–Trinajstić information content (AvgIpc) is 3.06. The SMILES string of the molecule is CC(C)NC(=O)Cn1cc(-c2nnco2)c2ccccc21. The number of hydrogen-bond donors (Lipinski definition) is 1. The number of hydrogen-bond acceptors (Lipinski definition) is 4. The molecule has 1 aromatic carbocycles. The Morgan fingerprint density at radius 1 is 1.38 bits per heavy atom. The van der Waals surface area contributed by atoms with Crippen LogP contribution in [0, 0.1) is 0 Å². The van der Waals surface area contributed by atoms with Crippen molar-refractivity contribution in [2.45, 2.75) is 26.4 Å². The number of benzene rings is 1. The van der Waals surface area contributed by atoms with Gasteiger partial charge in [0.2, 0.25) is 18.2 Å². The molecule has 0 saturated heterocycles. The van der Waals surface area contributed by atoms with Crippen LogP contribution in [0.3, 0.4) is 0 Å². The van der Waals surface area contributed by atoms with Crippen LogP contribution in [0.15, 0.2) is 41.3 Å². The molecule has 0 atom stereocenters. The second-order valence-corrected chi connectivity index (χ2v) is 5.15. The van der Waals surface area contributed by atoms with Gasteiger partial charge in [-0.05, 0) is 19.9 Å². The zero-order chi connectivity index (χ0) is 14.8. The average molecular weight is 284 g/mol. The molecule has 6 nitrogen and oxygen atoms in total. The molecule has 6 heteroatoms. The summed E-state index contributed by atoms with van der Waals surface area (Å²) in [4.78, 5) is 12.0. The van der Waals surface area contributed by atoms with Gasteiger partial charge in [0.05, 0.1) is 5.56 Å². The minimum atomic E-state index is -0.0252. The molecule has 3 rings (SSSR count). The summed E-state index contributed by atoms with van der Waals surface area (Å²) >= 11 is 0. The highest BCUT2D eigenvalue weighted by atomic mass is 16.4. The smallest absolute Gasteiger partial charge is 0.249 e. The first kappa shape index (κ1) is 13.4. The molecule has 0 fully saturated rings. The Labute approximate surface area is 121 Å². The second kappa shape index (κ2) is 5.40. The third kappa shape index (κ3) is 2.65. The van der Waals surface area contributed by atoms with E-state index in [1.165, 1.54) is 6.39 Å². The monoisotopic (exact) mass is 284 g/mol. The summed E-state index contributed by atoms with van der Waals surface area (Å²) in [6, 6.07) is 7.95. The van der Waals surface area contributed by atoms with Crippen molar-refractivity contribution in [2.24, 2.45) is 0 Å². The van der Waals surface area contributed by atoms with E-state index in [4.69, 9.17) is 4.42 Å². The lowest BCUT2D eigenvalue weighted by atomic mass is 10.2. The molecule has 1 amide bonds. The van der Waals surface area contributed by atoms with Crippen LogP contribution in [0.2, 0.25) is 0 Å². The summed E-state index contributed by atoms with van der Waals surface area (Å²) in [5, 5.41) is 11.5. The van der Waals surface area contributed by atoms with Gasteiger partial charge in [-0.25, -0.2) is 0 Å². The van der Waals surface area contributed by atoms with Crippen LogP contribution in [-0.4, -0.2) is 26.7 Å². The Balaban J connectivity index is 2.02. The van der Waals surface area contributed by atoms with Gasteiger partial charge in [-0.15, -0.1) is 10.2 Å². The Morgan fingerprint density at radius 3 is 2.90 bits per heavy atom. The third-order valence-electron chi connectivity index (χ3n) is 3.14. The van der Waals surface area contributed by atoms with Crippen molar-refractivity contribution in [3.63, 3.8) is 0 Å². The lowest BCUT2D eigenvalue weighted by molar-refractivity contribution is -0.122. The highest BCUT2D eigenvalue weighted by Crippen LogP contribution is 2.29. The molecule has 21 heavy (non-hydrogen) atoms. The summed E-state index contributed by atoms with van der Waals surface area (Å²) in [6.07, 6.45) is 3.17. The van der Waals surface area contributed by atoms with Gasteiger partial charge in [0.1, 0.15) is 6.54 Å². The van der Waals surface area contributed by atoms with E-state index >= 15 is 0 Å². The molecule has 0 unspecified atom stereocenters. The molecule has 0 saturated carbocycles. The van der Waals surface area contributed by atoms with Crippen molar-refractivity contribution in [3.05, 3.63) is 36.9 Å². The van der Waals surface area contributed by atoms with Crippen molar-refractivity contribution in [3.8, 4) is 11.5 Å². The highest BCUT2D eigenvalue weighted by Gasteiger charge is 2.15. The number of carbonyl (C=O) groups excluding carboxylic acids is 1. The molecule has 3 aromatic rings. The molecule has 0 radical (unpaired) electrons. The lowest BCUT2D eigenvalue weighted by Crippen LogP contribution is -2.32. The van der Waals surface area contributed by atoms with Gasteiger partial charge in [0, 0.05) is 23.1 Å². The van der Waals surface area contributed by atoms with E-state index in [1.54, 1.807) is 0 Å². The van der Waals surface area contributed by atoms with E-state index in [1.807, 2.05) is 48.9 Å². The van der Waals surface area contributed by atoms with Crippen LogP contribution >= 0.6 is 0 Å². The van der Waals surface area contributed by atoms with Crippen molar-refractivity contribution >= 4 is 16.8 Å². The minimum absolute atomic E-state index is 0.0252. The van der Waals surface area contributed by atoms with E-state index in [0.29, 0.717) is 5.89 Å². The number of carbonyl (C=O) groups is 1. The number of aromatic nitrogens is 3. The van der Waals surface area contributed by atoms with Crippen LogP contribution in [0.4, 0.5) is 0 Å². The van der Waals surface area contributed by atoms with Gasteiger partial charge >= 0.3 is 0 Å². The third-order valence-corrected chi connectivity index (χ3v) is 3.14. The summed E-state index contributed by atoms with van der Waals surface area (Å²) < 4.78 is 7.17. The van der Waals surface area contributed by atoms with Crippen LogP contribution in [0.1, 0.15) is 13.8 Å². The Bertz CT molecular complexity index is 759. The van der Waals surface area contributed by atoms with Crippen LogP contribution < -0.4 is 5.32 Å². The second-order valence-electron chi connectivity index (χ2n) is 5.15. The van der Waals surface area contributed by atoms with Gasteiger partial charge in [0.15, 0.2) is 0 Å². The predicted molar refractivity (Wildman–Crippen MR) is 78.5 cm³/mol. The first-order valence-electron chi connectivity index (χ1n) is 6.79. The van der Waals surface area contributed by atoms with Gasteiger partial charge in [-0.1, -0.05) is 18.2 Å². The van der Waals surface area contributed by atoms with Crippen molar-refractivity contribution in [2.75, 3.05) is 0 Å². The molecule has 0 aliphatic carbocycles. The maximum atomic E-state index is 12.0. The number of nitrogens with one attached hydrogen (secondary N) is 1. The number of para-hydroxylation sites is 1. The zero-order valence-corrected chi connectivity index (χ0v) is 11.9. The van der Waals surface area contributed by atoms with E-state index in [0.717, 1.165) is 16.5 Å². The zero-order valence-electron chi connectivity index (χ0n) is 11.9. The van der Waals surface area contributed by atoms with Crippen molar-refractivity contribution in [1.82, 2.24) is 20.1 Å². The van der Waals surface area contributed by atoms with Gasteiger partial charge in [0.25, 0.3) is 0 Å². The van der Waals surface area contributed by atoms with E-state index in [9.17, 15) is 4.79 Å². The molecule has 2 heterocycles. The Kier molecular flexibility index (Phi) is 3.43. The number of nitrogens with zero attached hydrogens (tertiary/aromatic N) is 3. The largest absolute Gasteiger partial charge is 0.423 e. The van der Waals surface area contributed by atoms with Gasteiger partial charge in [-0.2, -0.15) is 0 Å². The quantitative estimate of drug-likeness (QED) is 0.797. The maximum absolute atomic E-state index is 12.0. The minimum Gasteiger partial charge on any atom is -0.423 e. The summed E-state index contributed by atoms with van der Waals surface area (Å²) in [5.41, 5.74) is 1.80.